The molecule has 4 heteroatoms. The molecule has 1 rings (SSSR count). The number of nitrogens with two attached hydrogens (primary N) is 1. The van der Waals surface area contributed by atoms with Gasteiger partial charge >= 0.3 is 0 Å². The zero-order valence-corrected chi connectivity index (χ0v) is 8.31. The molecular weight excluding hydrogens is 240 g/mol. The van der Waals surface area contributed by atoms with Gasteiger partial charge in [0.15, 0.2) is 11.6 Å². The van der Waals surface area contributed by atoms with Gasteiger partial charge in [-0.15, -0.1) is 0 Å². The number of nitrogen functional groups attached to an aromatic ring is 1. The van der Waals surface area contributed by atoms with Crippen molar-refractivity contribution in [3.05, 3.63) is 35.4 Å². The molecule has 1 aromatic rings. The summed E-state index contributed by atoms with van der Waals surface area (Å²) < 4.78 is 25.8. The molecule has 0 saturated heterocycles. The molecule has 1 aromatic carbocycles. The SMILES string of the molecule is Nc1ccc(F)c(F)c1C=CCBr. The summed E-state index contributed by atoms with van der Waals surface area (Å²) in [6, 6.07) is 2.35. The van der Waals surface area contributed by atoms with E-state index in [-0.39, 0.29) is 11.3 Å². The van der Waals surface area contributed by atoms with Gasteiger partial charge in [-0.05, 0) is 12.1 Å². The van der Waals surface area contributed by atoms with Crippen LogP contribution < -0.4 is 5.73 Å². The summed E-state index contributed by atoms with van der Waals surface area (Å²) >= 11 is 3.13. The number of alkyl halides is 1. The summed E-state index contributed by atoms with van der Waals surface area (Å²) in [4.78, 5) is 0. The molecule has 0 saturated carbocycles. The molecule has 2 N–H and O–H groups in total. The lowest BCUT2D eigenvalue weighted by Crippen LogP contribution is -1.95. The van der Waals surface area contributed by atoms with Crippen LogP contribution in [0.2, 0.25) is 0 Å². The Kier molecular flexibility index (Phi) is 3.42. The van der Waals surface area contributed by atoms with Crippen LogP contribution in [0.4, 0.5) is 14.5 Å². The van der Waals surface area contributed by atoms with Gasteiger partial charge in [-0.1, -0.05) is 28.1 Å². The molecule has 0 amide bonds. The Balaban J connectivity index is 3.17. The van der Waals surface area contributed by atoms with Crippen LogP contribution in [0.15, 0.2) is 18.2 Å². The van der Waals surface area contributed by atoms with E-state index in [1.54, 1.807) is 6.08 Å². The van der Waals surface area contributed by atoms with E-state index in [1.165, 1.54) is 12.1 Å². The first-order valence-corrected chi connectivity index (χ1v) is 4.75. The Morgan fingerprint density at radius 1 is 1.38 bits per heavy atom. The molecule has 0 atom stereocenters. The second-order valence-electron chi connectivity index (χ2n) is 2.42. The van der Waals surface area contributed by atoms with Gasteiger partial charge in [0.05, 0.1) is 0 Å². The van der Waals surface area contributed by atoms with E-state index in [9.17, 15) is 8.78 Å². The summed E-state index contributed by atoms with van der Waals surface area (Å²) in [5, 5.41) is 0.572. The van der Waals surface area contributed by atoms with Crippen molar-refractivity contribution in [2.24, 2.45) is 0 Å². The molecule has 0 spiro atoms. The van der Waals surface area contributed by atoms with Gasteiger partial charge in [0.2, 0.25) is 0 Å². The summed E-state index contributed by atoms with van der Waals surface area (Å²) in [5.41, 5.74) is 5.79. The maximum Gasteiger partial charge on any atom is 0.168 e. The van der Waals surface area contributed by atoms with E-state index >= 15 is 0 Å². The minimum Gasteiger partial charge on any atom is -0.398 e. The highest BCUT2D eigenvalue weighted by atomic mass is 79.9. The van der Waals surface area contributed by atoms with E-state index < -0.39 is 11.6 Å². The van der Waals surface area contributed by atoms with Gasteiger partial charge in [0.1, 0.15) is 0 Å². The topological polar surface area (TPSA) is 26.0 Å². The highest BCUT2D eigenvalue weighted by Gasteiger charge is 2.08. The summed E-state index contributed by atoms with van der Waals surface area (Å²) in [7, 11) is 0. The molecule has 13 heavy (non-hydrogen) atoms. The first kappa shape index (κ1) is 10.2. The number of allylic oxidation sites excluding steroid dienone is 1. The minimum absolute atomic E-state index is 0.0967. The standard InChI is InChI=1S/C9H8BrF2N/c10-5-1-2-6-8(13)4-3-7(11)9(6)12/h1-4H,5,13H2. The van der Waals surface area contributed by atoms with E-state index in [4.69, 9.17) is 5.73 Å². The van der Waals surface area contributed by atoms with Crippen molar-refractivity contribution < 1.29 is 8.78 Å². The fourth-order valence-corrected chi connectivity index (χ4v) is 1.10. The second kappa shape index (κ2) is 4.37. The average molecular weight is 248 g/mol. The van der Waals surface area contributed by atoms with Crippen LogP contribution >= 0.6 is 15.9 Å². The summed E-state index contributed by atoms with van der Waals surface area (Å²) in [6.07, 6.45) is 3.09. The molecule has 0 fully saturated rings. The summed E-state index contributed by atoms with van der Waals surface area (Å²) in [6.45, 7) is 0. The molecule has 0 aliphatic heterocycles. The predicted octanol–water partition coefficient (Wildman–Crippen LogP) is 2.96. The maximum absolute atomic E-state index is 13.1. The van der Waals surface area contributed by atoms with Gasteiger partial charge in [-0.3, -0.25) is 0 Å². The molecule has 0 radical (unpaired) electrons. The predicted molar refractivity (Wildman–Crippen MR) is 53.6 cm³/mol. The van der Waals surface area contributed by atoms with Crippen molar-refractivity contribution in [3.63, 3.8) is 0 Å². The maximum atomic E-state index is 13.1. The highest BCUT2D eigenvalue weighted by Crippen LogP contribution is 2.20. The van der Waals surface area contributed by atoms with Gasteiger partial charge in [-0.2, -0.15) is 0 Å². The number of hydrogen-bond acceptors (Lipinski definition) is 1. The molecule has 0 heterocycles. The van der Waals surface area contributed by atoms with Crippen LogP contribution in [0.1, 0.15) is 5.56 Å². The highest BCUT2D eigenvalue weighted by molar-refractivity contribution is 9.09. The molecule has 0 aliphatic rings. The molecule has 0 bridgehead atoms. The third kappa shape index (κ3) is 2.28. The number of anilines is 1. The number of rotatable bonds is 2. The van der Waals surface area contributed by atoms with Gasteiger partial charge < -0.3 is 5.73 Å². The van der Waals surface area contributed by atoms with Crippen molar-refractivity contribution in [2.45, 2.75) is 0 Å². The van der Waals surface area contributed by atoms with Gasteiger partial charge in [0, 0.05) is 16.6 Å². The molecule has 1 nitrogen and oxygen atoms in total. The molecule has 70 valence electrons. The van der Waals surface area contributed by atoms with Gasteiger partial charge in [0.25, 0.3) is 0 Å². The Bertz CT molecular complexity index is 337. The van der Waals surface area contributed by atoms with E-state index in [1.807, 2.05) is 0 Å². The van der Waals surface area contributed by atoms with Gasteiger partial charge in [-0.25, -0.2) is 8.78 Å². The van der Waals surface area contributed by atoms with Crippen LogP contribution in [0.25, 0.3) is 6.08 Å². The smallest absolute Gasteiger partial charge is 0.168 e. The fraction of sp³-hybridized carbons (Fsp3) is 0.111. The number of halogens is 3. The van der Waals surface area contributed by atoms with E-state index in [0.29, 0.717) is 5.33 Å². The fourth-order valence-electron chi connectivity index (χ4n) is 0.913. The molecular formula is C9H8BrF2N. The second-order valence-corrected chi connectivity index (χ2v) is 3.07. The Hall–Kier alpha value is -0.900. The van der Waals surface area contributed by atoms with Crippen LogP contribution in [0.5, 0.6) is 0 Å². The lowest BCUT2D eigenvalue weighted by atomic mass is 10.1. The van der Waals surface area contributed by atoms with Crippen molar-refractivity contribution in [3.8, 4) is 0 Å². The van der Waals surface area contributed by atoms with E-state index in [0.717, 1.165) is 6.07 Å². The monoisotopic (exact) mass is 247 g/mol. The number of hydrogen-bond donors (Lipinski definition) is 1. The lowest BCUT2D eigenvalue weighted by Gasteiger charge is -2.02. The minimum atomic E-state index is -0.905. The van der Waals surface area contributed by atoms with E-state index in [2.05, 4.69) is 15.9 Å². The molecule has 0 aliphatic carbocycles. The Morgan fingerprint density at radius 2 is 2.08 bits per heavy atom. The molecule has 0 unspecified atom stereocenters. The Morgan fingerprint density at radius 3 is 2.69 bits per heavy atom. The van der Waals surface area contributed by atoms with Crippen molar-refractivity contribution in [1.82, 2.24) is 0 Å². The first-order valence-electron chi connectivity index (χ1n) is 3.62. The van der Waals surface area contributed by atoms with Crippen LogP contribution in [-0.4, -0.2) is 5.33 Å². The Labute approximate surface area is 83.4 Å². The average Bonchev–Trinajstić information content (AvgIpc) is 2.12. The van der Waals surface area contributed by atoms with Crippen molar-refractivity contribution in [2.75, 3.05) is 11.1 Å². The van der Waals surface area contributed by atoms with Crippen molar-refractivity contribution in [1.29, 1.82) is 0 Å². The van der Waals surface area contributed by atoms with Crippen molar-refractivity contribution >= 4 is 27.7 Å². The lowest BCUT2D eigenvalue weighted by molar-refractivity contribution is 0.507. The first-order chi connectivity index (χ1) is 6.16. The van der Waals surface area contributed by atoms with Crippen LogP contribution in [0, 0.1) is 11.6 Å². The third-order valence-corrected chi connectivity index (χ3v) is 1.91. The van der Waals surface area contributed by atoms with Crippen LogP contribution in [-0.2, 0) is 0 Å². The largest absolute Gasteiger partial charge is 0.398 e. The quantitative estimate of drug-likeness (QED) is 0.632. The van der Waals surface area contributed by atoms with Crippen LogP contribution in [0.3, 0.4) is 0 Å². The summed E-state index contributed by atoms with van der Waals surface area (Å²) in [5.74, 6) is -1.79. The number of benzene rings is 1. The zero-order valence-electron chi connectivity index (χ0n) is 6.73. The molecule has 0 aromatic heterocycles. The zero-order chi connectivity index (χ0) is 9.84. The third-order valence-electron chi connectivity index (χ3n) is 1.54. The normalized spacial score (nSPS) is 11.0.